The predicted octanol–water partition coefficient (Wildman–Crippen LogP) is 3.86. The maximum Gasteiger partial charge on any atom is 0.254 e. The molecular formula is C23H27N3O2. The minimum atomic E-state index is 0.0957. The third kappa shape index (κ3) is 4.46. The minimum absolute atomic E-state index is 0.0957. The normalized spacial score (nSPS) is 16.7. The number of hydrogen-bond acceptors (Lipinski definition) is 4. The van der Waals surface area contributed by atoms with E-state index in [1.54, 1.807) is 6.07 Å². The molecule has 146 valence electrons. The first-order valence-corrected chi connectivity index (χ1v) is 10.3. The van der Waals surface area contributed by atoms with Gasteiger partial charge in [0.15, 0.2) is 5.78 Å². The highest BCUT2D eigenvalue weighted by Crippen LogP contribution is 2.34. The fourth-order valence-corrected chi connectivity index (χ4v) is 3.85. The second-order valence-corrected chi connectivity index (χ2v) is 8.26. The molecule has 0 atom stereocenters. The molecule has 0 unspecified atom stereocenters. The molecule has 1 saturated carbocycles. The Balaban J connectivity index is 1.24. The maximum absolute atomic E-state index is 12.6. The van der Waals surface area contributed by atoms with Crippen LogP contribution in [-0.4, -0.2) is 39.9 Å². The van der Waals surface area contributed by atoms with E-state index in [0.717, 1.165) is 55.1 Å². The van der Waals surface area contributed by atoms with Crippen LogP contribution in [0.3, 0.4) is 0 Å². The number of rotatable bonds is 8. The average Bonchev–Trinajstić information content (AvgIpc) is 3.49. The lowest BCUT2D eigenvalue weighted by atomic mass is 9.93. The zero-order valence-corrected chi connectivity index (χ0v) is 16.4. The number of benzene rings is 1. The van der Waals surface area contributed by atoms with E-state index in [1.165, 1.54) is 12.8 Å². The van der Waals surface area contributed by atoms with Crippen LogP contribution in [0.4, 0.5) is 0 Å². The van der Waals surface area contributed by atoms with Gasteiger partial charge in [0.25, 0.3) is 5.91 Å². The van der Waals surface area contributed by atoms with Crippen LogP contribution < -0.4 is 0 Å². The number of ketones is 1. The Bertz CT molecular complexity index is 852. The summed E-state index contributed by atoms with van der Waals surface area (Å²) >= 11 is 0. The Morgan fingerprint density at radius 3 is 2.50 bits per heavy atom. The number of carbonyl (C=O) groups is 2. The smallest absolute Gasteiger partial charge is 0.254 e. The quantitative estimate of drug-likeness (QED) is 0.655. The van der Waals surface area contributed by atoms with Gasteiger partial charge in [-0.2, -0.15) is 5.10 Å². The number of carbonyl (C=O) groups excluding carboxylic acids is 2. The molecule has 2 aliphatic rings. The van der Waals surface area contributed by atoms with E-state index in [1.807, 2.05) is 42.2 Å². The molecule has 28 heavy (non-hydrogen) atoms. The van der Waals surface area contributed by atoms with Crippen molar-refractivity contribution in [3.63, 3.8) is 0 Å². The molecule has 2 aromatic rings. The number of aromatic nitrogens is 2. The van der Waals surface area contributed by atoms with E-state index in [2.05, 4.69) is 10.2 Å². The fourth-order valence-electron chi connectivity index (χ4n) is 3.85. The molecule has 0 N–H and O–H groups in total. The van der Waals surface area contributed by atoms with Crippen molar-refractivity contribution in [2.45, 2.75) is 45.4 Å². The average molecular weight is 377 g/mol. The summed E-state index contributed by atoms with van der Waals surface area (Å²) in [4.78, 5) is 26.6. The van der Waals surface area contributed by atoms with Crippen LogP contribution in [0.2, 0.25) is 0 Å². The van der Waals surface area contributed by atoms with E-state index in [9.17, 15) is 9.59 Å². The van der Waals surface area contributed by atoms with Crippen LogP contribution in [0.1, 0.15) is 64.2 Å². The molecule has 2 fully saturated rings. The van der Waals surface area contributed by atoms with E-state index in [-0.39, 0.29) is 11.7 Å². The molecule has 5 nitrogen and oxygen atoms in total. The monoisotopic (exact) mass is 377 g/mol. The molecule has 5 heteroatoms. The lowest BCUT2D eigenvalue weighted by Gasteiger charge is -2.39. The molecule has 1 aromatic heterocycles. The lowest BCUT2D eigenvalue weighted by Crippen LogP contribution is -2.51. The Kier molecular flexibility index (Phi) is 5.51. The molecule has 0 spiro atoms. The maximum atomic E-state index is 12.6. The van der Waals surface area contributed by atoms with Gasteiger partial charge < -0.3 is 4.90 Å². The molecule has 4 rings (SSSR count). The van der Waals surface area contributed by atoms with Crippen molar-refractivity contribution < 1.29 is 9.59 Å². The molecular weight excluding hydrogens is 350 g/mol. The van der Waals surface area contributed by atoms with Crippen LogP contribution in [0.5, 0.6) is 0 Å². The third-order valence-corrected chi connectivity index (χ3v) is 5.84. The predicted molar refractivity (Wildman–Crippen MR) is 107 cm³/mol. The van der Waals surface area contributed by atoms with Gasteiger partial charge in [-0.3, -0.25) is 9.59 Å². The highest BCUT2D eigenvalue weighted by molar-refractivity contribution is 5.96. The molecule has 2 heterocycles. The van der Waals surface area contributed by atoms with Crippen molar-refractivity contribution in [2.75, 3.05) is 13.1 Å². The van der Waals surface area contributed by atoms with E-state index in [4.69, 9.17) is 0 Å². The van der Waals surface area contributed by atoms with Crippen molar-refractivity contribution in [1.82, 2.24) is 15.1 Å². The Hall–Kier alpha value is -2.56. The van der Waals surface area contributed by atoms with Gasteiger partial charge in [0, 0.05) is 25.1 Å². The Morgan fingerprint density at radius 1 is 1.04 bits per heavy atom. The van der Waals surface area contributed by atoms with Crippen molar-refractivity contribution in [1.29, 1.82) is 0 Å². The summed E-state index contributed by atoms with van der Waals surface area (Å²) < 4.78 is 0. The molecule has 1 saturated heterocycles. The van der Waals surface area contributed by atoms with Gasteiger partial charge in [0.1, 0.15) is 5.69 Å². The van der Waals surface area contributed by atoms with Crippen molar-refractivity contribution >= 4 is 11.7 Å². The highest BCUT2D eigenvalue weighted by Gasteiger charge is 2.32. The first-order valence-electron chi connectivity index (χ1n) is 10.3. The first kappa shape index (κ1) is 18.8. The molecule has 1 aliphatic carbocycles. The van der Waals surface area contributed by atoms with E-state index in [0.29, 0.717) is 18.0 Å². The molecule has 1 aromatic carbocycles. The SMILES string of the molecule is Cc1ccccc1C(=O)N1CC(Cc2ccc(C(=O)CCCC3CC3)nn2)C1. The van der Waals surface area contributed by atoms with Gasteiger partial charge in [-0.05, 0) is 55.4 Å². The van der Waals surface area contributed by atoms with Crippen LogP contribution in [-0.2, 0) is 6.42 Å². The van der Waals surface area contributed by atoms with E-state index >= 15 is 0 Å². The van der Waals surface area contributed by atoms with Crippen LogP contribution in [0, 0.1) is 18.8 Å². The van der Waals surface area contributed by atoms with Crippen molar-refractivity contribution in [3.8, 4) is 0 Å². The van der Waals surface area contributed by atoms with Crippen LogP contribution >= 0.6 is 0 Å². The number of nitrogens with zero attached hydrogens (tertiary/aromatic N) is 3. The molecule has 1 amide bonds. The number of aryl methyl sites for hydroxylation is 1. The zero-order chi connectivity index (χ0) is 19.5. The Labute approximate surface area is 166 Å². The summed E-state index contributed by atoms with van der Waals surface area (Å²) in [6.45, 7) is 3.46. The van der Waals surface area contributed by atoms with Crippen molar-refractivity contribution in [2.24, 2.45) is 11.8 Å². The van der Waals surface area contributed by atoms with Gasteiger partial charge in [0.2, 0.25) is 0 Å². The summed E-state index contributed by atoms with van der Waals surface area (Å²) in [7, 11) is 0. The van der Waals surface area contributed by atoms with Gasteiger partial charge in [-0.1, -0.05) is 37.5 Å². The molecule has 0 radical (unpaired) electrons. The summed E-state index contributed by atoms with van der Waals surface area (Å²) in [6.07, 6.45) is 6.15. The summed E-state index contributed by atoms with van der Waals surface area (Å²) in [5.41, 5.74) is 3.16. The van der Waals surface area contributed by atoms with E-state index < -0.39 is 0 Å². The standard InChI is InChI=1S/C23H27N3O2/c1-16-5-2-3-7-20(16)23(28)26-14-18(15-26)13-19-11-12-21(25-24-19)22(27)8-4-6-17-9-10-17/h2-3,5,7,11-12,17-18H,4,6,8-10,13-15H2,1H3. The molecule has 0 bridgehead atoms. The summed E-state index contributed by atoms with van der Waals surface area (Å²) in [5.74, 6) is 1.47. The summed E-state index contributed by atoms with van der Waals surface area (Å²) in [6, 6.07) is 11.4. The fraction of sp³-hybridized carbons (Fsp3) is 0.478. The Morgan fingerprint density at radius 2 is 1.82 bits per heavy atom. The minimum Gasteiger partial charge on any atom is -0.338 e. The number of likely N-dealkylation sites (tertiary alicyclic amines) is 1. The van der Waals surface area contributed by atoms with Gasteiger partial charge in [-0.25, -0.2) is 0 Å². The highest BCUT2D eigenvalue weighted by atomic mass is 16.2. The number of Topliss-reactive ketones (excluding diaryl/α,β-unsaturated/α-hetero) is 1. The second-order valence-electron chi connectivity index (χ2n) is 8.26. The summed E-state index contributed by atoms with van der Waals surface area (Å²) in [5, 5.41) is 8.38. The van der Waals surface area contributed by atoms with Gasteiger partial charge in [-0.15, -0.1) is 5.10 Å². The number of hydrogen-bond donors (Lipinski definition) is 0. The second kappa shape index (κ2) is 8.21. The lowest BCUT2D eigenvalue weighted by molar-refractivity contribution is 0.0498. The van der Waals surface area contributed by atoms with Crippen molar-refractivity contribution in [3.05, 3.63) is 58.9 Å². The van der Waals surface area contributed by atoms with Crippen LogP contribution in [0.25, 0.3) is 0 Å². The topological polar surface area (TPSA) is 63.2 Å². The van der Waals surface area contributed by atoms with Gasteiger partial charge >= 0.3 is 0 Å². The zero-order valence-electron chi connectivity index (χ0n) is 16.4. The third-order valence-electron chi connectivity index (χ3n) is 5.84. The van der Waals surface area contributed by atoms with Crippen LogP contribution in [0.15, 0.2) is 36.4 Å². The van der Waals surface area contributed by atoms with Gasteiger partial charge in [0.05, 0.1) is 5.69 Å². The first-order chi connectivity index (χ1) is 13.6. The number of amides is 1. The largest absolute Gasteiger partial charge is 0.338 e. The molecule has 1 aliphatic heterocycles.